The van der Waals surface area contributed by atoms with E-state index in [1.165, 1.54) is 24.0 Å². The second-order valence-corrected chi connectivity index (χ2v) is 9.88. The van der Waals surface area contributed by atoms with Gasteiger partial charge in [-0.15, -0.1) is 0 Å². The first kappa shape index (κ1) is 22.7. The number of piperidine rings is 1. The van der Waals surface area contributed by atoms with Gasteiger partial charge >= 0.3 is 6.03 Å². The van der Waals surface area contributed by atoms with Crippen molar-refractivity contribution in [2.45, 2.75) is 49.7 Å². The number of ether oxygens (including phenoxy) is 1. The lowest BCUT2D eigenvalue weighted by Gasteiger charge is -2.41. The first-order chi connectivity index (χ1) is 16.4. The third kappa shape index (κ3) is 4.02. The Morgan fingerprint density at radius 2 is 1.65 bits per heavy atom. The van der Waals surface area contributed by atoms with Crippen molar-refractivity contribution >= 4 is 11.9 Å². The summed E-state index contributed by atoms with van der Waals surface area (Å²) in [5.41, 5.74) is 8.62. The Morgan fingerprint density at radius 1 is 1.03 bits per heavy atom. The molecule has 3 aliphatic rings. The maximum Gasteiger partial charge on any atom is 0.314 e. The fourth-order valence-electron chi connectivity index (χ4n) is 5.66. The van der Waals surface area contributed by atoms with E-state index in [4.69, 9.17) is 10.5 Å². The van der Waals surface area contributed by atoms with Crippen LogP contribution >= 0.6 is 0 Å². The first-order valence-electron chi connectivity index (χ1n) is 12.2. The molecule has 3 fully saturated rings. The second kappa shape index (κ2) is 8.95. The lowest BCUT2D eigenvalue weighted by molar-refractivity contribution is -0.135. The number of hydrogen-bond acceptors (Lipinski definition) is 4. The number of carbonyl (C=O) groups is 2. The van der Waals surface area contributed by atoms with E-state index in [1.807, 2.05) is 17.0 Å². The fourth-order valence-corrected chi connectivity index (χ4v) is 5.66. The van der Waals surface area contributed by atoms with Crippen LogP contribution in [0.15, 0.2) is 48.5 Å². The number of nitrogens with zero attached hydrogens (tertiary/aromatic N) is 3. The zero-order chi connectivity index (χ0) is 23.9. The Hall–Kier alpha value is -3.06. The molecule has 0 bridgehead atoms. The van der Waals surface area contributed by atoms with Crippen molar-refractivity contribution in [2.24, 2.45) is 5.73 Å². The van der Waals surface area contributed by atoms with Gasteiger partial charge in [-0.1, -0.05) is 36.4 Å². The Morgan fingerprint density at radius 3 is 2.21 bits per heavy atom. The van der Waals surface area contributed by atoms with Gasteiger partial charge in [-0.05, 0) is 73.9 Å². The normalized spacial score (nSPS) is 22.4. The van der Waals surface area contributed by atoms with Crippen molar-refractivity contribution in [3.05, 3.63) is 65.2 Å². The van der Waals surface area contributed by atoms with E-state index < -0.39 is 11.6 Å². The number of likely N-dealkylation sites (N-methyl/N-ethyl adjacent to an activating group) is 1. The summed E-state index contributed by atoms with van der Waals surface area (Å²) in [5, 5.41) is 0. The Balaban J connectivity index is 1.41. The number of methoxy groups -OCH3 is 1. The molecular weight excluding hydrogens is 428 g/mol. The molecular formula is C27H34N4O3. The fraction of sp³-hybridized carbons (Fsp3) is 0.481. The monoisotopic (exact) mass is 462 g/mol. The summed E-state index contributed by atoms with van der Waals surface area (Å²) < 4.78 is 5.28. The van der Waals surface area contributed by atoms with E-state index in [0.717, 1.165) is 17.7 Å². The van der Waals surface area contributed by atoms with Crippen LogP contribution in [0.1, 0.15) is 54.5 Å². The molecule has 34 heavy (non-hydrogen) atoms. The van der Waals surface area contributed by atoms with Gasteiger partial charge in [0.15, 0.2) is 0 Å². The maximum atomic E-state index is 14.0. The van der Waals surface area contributed by atoms with Gasteiger partial charge in [0, 0.05) is 19.6 Å². The van der Waals surface area contributed by atoms with Gasteiger partial charge in [0.25, 0.3) is 0 Å². The summed E-state index contributed by atoms with van der Waals surface area (Å²) in [6, 6.07) is 16.5. The third-order valence-corrected chi connectivity index (χ3v) is 7.98. The van der Waals surface area contributed by atoms with Crippen molar-refractivity contribution < 1.29 is 14.3 Å². The van der Waals surface area contributed by atoms with E-state index in [-0.39, 0.29) is 12.1 Å². The van der Waals surface area contributed by atoms with E-state index >= 15 is 0 Å². The highest BCUT2D eigenvalue weighted by Gasteiger charge is 2.56. The number of carbonyl (C=O) groups excluding carboxylic acids is 2. The van der Waals surface area contributed by atoms with Crippen LogP contribution < -0.4 is 10.5 Å². The molecule has 1 aliphatic carbocycles. The van der Waals surface area contributed by atoms with Crippen LogP contribution in [-0.2, 0) is 11.2 Å². The van der Waals surface area contributed by atoms with Crippen LogP contribution in [0.4, 0.5) is 4.79 Å². The lowest BCUT2D eigenvalue weighted by Crippen LogP contribution is -2.56. The molecule has 2 aromatic carbocycles. The van der Waals surface area contributed by atoms with Crippen LogP contribution in [-0.4, -0.2) is 66.0 Å². The largest absolute Gasteiger partial charge is 0.497 e. The molecule has 1 spiro atoms. The summed E-state index contributed by atoms with van der Waals surface area (Å²) >= 11 is 0. The van der Waals surface area contributed by atoms with Crippen LogP contribution in [0.25, 0.3) is 0 Å². The standard InChI is InChI=1S/C27H34N4O3/c1-29-24(22-9-7-21(8-10-22)20-5-6-20)31(16-13-19-3-11-23(34-2)12-4-19)25(32)27(29)14-17-30(18-15-27)26(28)33/h3-4,7-12,20,24H,5-6,13-18H2,1-2H3,(H2,28,33)/t24-/m0/s1. The zero-order valence-corrected chi connectivity index (χ0v) is 20.1. The number of amides is 3. The van der Waals surface area contributed by atoms with E-state index in [9.17, 15) is 9.59 Å². The highest BCUT2D eigenvalue weighted by molar-refractivity contribution is 5.89. The lowest BCUT2D eigenvalue weighted by atomic mass is 9.86. The molecule has 7 nitrogen and oxygen atoms in total. The van der Waals surface area contributed by atoms with Crippen molar-refractivity contribution in [2.75, 3.05) is 33.8 Å². The van der Waals surface area contributed by atoms with Gasteiger partial charge in [-0.25, -0.2) is 4.79 Å². The predicted molar refractivity (Wildman–Crippen MR) is 130 cm³/mol. The molecule has 3 amide bonds. The molecule has 2 heterocycles. The Bertz CT molecular complexity index is 1040. The quantitative estimate of drug-likeness (QED) is 0.713. The molecule has 7 heteroatoms. The summed E-state index contributed by atoms with van der Waals surface area (Å²) in [6.45, 7) is 1.64. The molecule has 1 atom stereocenters. The topological polar surface area (TPSA) is 79.1 Å². The van der Waals surface area contributed by atoms with Gasteiger partial charge in [0.05, 0.1) is 7.11 Å². The summed E-state index contributed by atoms with van der Waals surface area (Å²) in [4.78, 5) is 31.6. The Labute approximate surface area is 201 Å². The van der Waals surface area contributed by atoms with Crippen molar-refractivity contribution in [1.29, 1.82) is 0 Å². The molecule has 2 aliphatic heterocycles. The summed E-state index contributed by atoms with van der Waals surface area (Å²) in [7, 11) is 3.72. The van der Waals surface area contributed by atoms with Crippen LogP contribution in [0.2, 0.25) is 0 Å². The zero-order valence-electron chi connectivity index (χ0n) is 20.1. The smallest absolute Gasteiger partial charge is 0.314 e. The molecule has 180 valence electrons. The van der Waals surface area contributed by atoms with Gasteiger partial charge in [0.1, 0.15) is 17.5 Å². The van der Waals surface area contributed by atoms with Crippen LogP contribution in [0.3, 0.4) is 0 Å². The van der Waals surface area contributed by atoms with E-state index in [2.05, 4.69) is 48.3 Å². The molecule has 2 aromatic rings. The van der Waals surface area contributed by atoms with E-state index in [0.29, 0.717) is 38.4 Å². The number of likely N-dealkylation sites (tertiary alicyclic amines) is 1. The van der Waals surface area contributed by atoms with Gasteiger partial charge in [0.2, 0.25) is 5.91 Å². The molecule has 5 rings (SSSR count). The summed E-state index contributed by atoms with van der Waals surface area (Å²) in [6.07, 6.45) is 4.38. The van der Waals surface area contributed by atoms with Crippen molar-refractivity contribution in [1.82, 2.24) is 14.7 Å². The average molecular weight is 463 g/mol. The van der Waals surface area contributed by atoms with Crippen LogP contribution in [0, 0.1) is 0 Å². The number of rotatable bonds is 6. The van der Waals surface area contributed by atoms with Crippen LogP contribution in [0.5, 0.6) is 5.75 Å². The number of nitrogens with two attached hydrogens (primary N) is 1. The van der Waals surface area contributed by atoms with Crippen molar-refractivity contribution in [3.63, 3.8) is 0 Å². The summed E-state index contributed by atoms with van der Waals surface area (Å²) in [5.74, 6) is 1.69. The molecule has 2 saturated heterocycles. The average Bonchev–Trinajstić information content (AvgIpc) is 3.69. The predicted octanol–water partition coefficient (Wildman–Crippen LogP) is 3.50. The maximum absolute atomic E-state index is 14.0. The highest BCUT2D eigenvalue weighted by atomic mass is 16.5. The third-order valence-electron chi connectivity index (χ3n) is 7.98. The minimum atomic E-state index is -0.605. The SMILES string of the molecule is COc1ccc(CCN2C(=O)C3(CCN(C(N)=O)CC3)N(C)[C@@H]2c2ccc(C3CC3)cc2)cc1. The number of hydrogen-bond donors (Lipinski definition) is 1. The first-order valence-corrected chi connectivity index (χ1v) is 12.2. The second-order valence-electron chi connectivity index (χ2n) is 9.88. The van der Waals surface area contributed by atoms with E-state index in [1.54, 1.807) is 12.0 Å². The minimum Gasteiger partial charge on any atom is -0.497 e. The molecule has 1 saturated carbocycles. The number of benzene rings is 2. The molecule has 0 radical (unpaired) electrons. The van der Waals surface area contributed by atoms with Gasteiger partial charge < -0.3 is 20.3 Å². The highest BCUT2D eigenvalue weighted by Crippen LogP contribution is 2.46. The Kier molecular flexibility index (Phi) is 5.98. The number of primary amides is 1. The minimum absolute atomic E-state index is 0.126. The van der Waals surface area contributed by atoms with Crippen molar-refractivity contribution in [3.8, 4) is 5.75 Å². The van der Waals surface area contributed by atoms with Gasteiger partial charge in [-0.2, -0.15) is 0 Å². The number of urea groups is 1. The molecule has 0 unspecified atom stereocenters. The van der Waals surface area contributed by atoms with Gasteiger partial charge in [-0.3, -0.25) is 9.69 Å². The molecule has 0 aromatic heterocycles. The molecule has 2 N–H and O–H groups in total.